The molecule has 1 aromatic rings. The van der Waals surface area contributed by atoms with Crippen molar-refractivity contribution in [2.45, 2.75) is 37.6 Å². The third kappa shape index (κ3) is 4.54. The second-order valence-electron chi connectivity index (χ2n) is 5.28. The molecule has 3 N–H and O–H groups in total. The topological polar surface area (TPSA) is 64.3 Å². The largest absolute Gasteiger partial charge is 0.447 e. The Morgan fingerprint density at radius 1 is 1.20 bits per heavy atom. The van der Waals surface area contributed by atoms with Crippen LogP contribution in [0.2, 0.25) is 10.0 Å². The van der Waals surface area contributed by atoms with Crippen LogP contribution >= 0.6 is 23.2 Å². The van der Waals surface area contributed by atoms with Gasteiger partial charge in [0.1, 0.15) is 6.61 Å². The van der Waals surface area contributed by atoms with Crippen molar-refractivity contribution >= 4 is 35.0 Å². The minimum Gasteiger partial charge on any atom is -0.447 e. The van der Waals surface area contributed by atoms with Gasteiger partial charge in [0.15, 0.2) is 0 Å². The average molecular weight is 317 g/mol. The van der Waals surface area contributed by atoms with Gasteiger partial charge in [-0.05, 0) is 31.0 Å². The quantitative estimate of drug-likeness (QED) is 0.878. The number of anilines is 1. The SMILES string of the molecule is NC1(COC(=O)Nc2cc(Cl)cc(Cl)c2)CCCCC1. The second kappa shape index (κ2) is 6.66. The highest BCUT2D eigenvalue weighted by Gasteiger charge is 2.29. The van der Waals surface area contributed by atoms with E-state index in [1.165, 1.54) is 6.42 Å². The van der Waals surface area contributed by atoms with E-state index >= 15 is 0 Å². The summed E-state index contributed by atoms with van der Waals surface area (Å²) in [5.41, 5.74) is 6.32. The first-order valence-electron chi connectivity index (χ1n) is 6.66. The maximum Gasteiger partial charge on any atom is 0.411 e. The van der Waals surface area contributed by atoms with Crippen LogP contribution in [0.3, 0.4) is 0 Å². The maximum atomic E-state index is 11.7. The summed E-state index contributed by atoms with van der Waals surface area (Å²) in [6, 6.07) is 4.80. The molecule has 2 rings (SSSR count). The van der Waals surface area contributed by atoms with Crippen LogP contribution in [0.4, 0.5) is 10.5 Å². The van der Waals surface area contributed by atoms with Crippen molar-refractivity contribution in [3.05, 3.63) is 28.2 Å². The summed E-state index contributed by atoms with van der Waals surface area (Å²) >= 11 is 11.7. The molecule has 0 spiro atoms. The van der Waals surface area contributed by atoms with Gasteiger partial charge in [-0.25, -0.2) is 4.79 Å². The Labute approximate surface area is 128 Å². The standard InChI is InChI=1S/C14H18Cl2N2O2/c15-10-6-11(16)8-12(7-10)18-13(19)20-9-14(17)4-2-1-3-5-14/h6-8H,1-5,9,17H2,(H,18,19). The van der Waals surface area contributed by atoms with Gasteiger partial charge in [-0.15, -0.1) is 0 Å². The van der Waals surface area contributed by atoms with Crippen molar-refractivity contribution in [3.63, 3.8) is 0 Å². The normalized spacial score (nSPS) is 17.6. The molecule has 0 saturated heterocycles. The van der Waals surface area contributed by atoms with Crippen molar-refractivity contribution in [2.75, 3.05) is 11.9 Å². The van der Waals surface area contributed by atoms with E-state index in [9.17, 15) is 4.79 Å². The number of halogens is 2. The number of nitrogens with one attached hydrogen (secondary N) is 1. The van der Waals surface area contributed by atoms with Crippen LogP contribution < -0.4 is 11.1 Å². The summed E-state index contributed by atoms with van der Waals surface area (Å²) in [6.45, 7) is 0.229. The molecule has 0 aromatic heterocycles. The van der Waals surface area contributed by atoms with Crippen molar-refractivity contribution in [1.82, 2.24) is 0 Å². The molecule has 1 aliphatic rings. The molecule has 0 bridgehead atoms. The van der Waals surface area contributed by atoms with Crippen LogP contribution in [0.5, 0.6) is 0 Å². The summed E-state index contributed by atoms with van der Waals surface area (Å²) in [7, 11) is 0. The molecule has 1 fully saturated rings. The van der Waals surface area contributed by atoms with Gasteiger partial charge < -0.3 is 10.5 Å². The monoisotopic (exact) mass is 316 g/mol. The number of hydrogen-bond donors (Lipinski definition) is 2. The first-order valence-corrected chi connectivity index (χ1v) is 7.41. The molecule has 0 atom stereocenters. The molecule has 0 heterocycles. The lowest BCUT2D eigenvalue weighted by molar-refractivity contribution is 0.112. The maximum absolute atomic E-state index is 11.7. The zero-order chi connectivity index (χ0) is 14.6. The number of rotatable bonds is 3. The van der Waals surface area contributed by atoms with E-state index in [2.05, 4.69) is 5.32 Å². The van der Waals surface area contributed by atoms with Gasteiger partial charge in [-0.2, -0.15) is 0 Å². The molecule has 1 aliphatic carbocycles. The lowest BCUT2D eigenvalue weighted by atomic mass is 9.83. The van der Waals surface area contributed by atoms with Gasteiger partial charge in [0.05, 0.1) is 5.54 Å². The highest BCUT2D eigenvalue weighted by atomic mass is 35.5. The third-order valence-electron chi connectivity index (χ3n) is 3.45. The van der Waals surface area contributed by atoms with E-state index in [0.29, 0.717) is 15.7 Å². The van der Waals surface area contributed by atoms with E-state index < -0.39 is 6.09 Å². The van der Waals surface area contributed by atoms with E-state index in [4.69, 9.17) is 33.7 Å². The van der Waals surface area contributed by atoms with Crippen LogP contribution in [0.1, 0.15) is 32.1 Å². The van der Waals surface area contributed by atoms with Gasteiger partial charge >= 0.3 is 6.09 Å². The second-order valence-corrected chi connectivity index (χ2v) is 6.16. The number of amides is 1. The first-order chi connectivity index (χ1) is 9.47. The molecular weight excluding hydrogens is 299 g/mol. The molecular formula is C14H18Cl2N2O2. The van der Waals surface area contributed by atoms with Crippen LogP contribution in [-0.2, 0) is 4.74 Å². The van der Waals surface area contributed by atoms with E-state index in [1.807, 2.05) is 0 Å². The Bertz CT molecular complexity index is 468. The number of benzene rings is 1. The van der Waals surface area contributed by atoms with Gasteiger partial charge in [0.2, 0.25) is 0 Å². The van der Waals surface area contributed by atoms with Crippen LogP contribution in [0.25, 0.3) is 0 Å². The lowest BCUT2D eigenvalue weighted by Gasteiger charge is -2.32. The first kappa shape index (κ1) is 15.4. The molecule has 0 unspecified atom stereocenters. The summed E-state index contributed by atoms with van der Waals surface area (Å²) in [5, 5.41) is 3.50. The van der Waals surface area contributed by atoms with Crippen LogP contribution in [-0.4, -0.2) is 18.2 Å². The Morgan fingerprint density at radius 2 is 1.80 bits per heavy atom. The van der Waals surface area contributed by atoms with Gasteiger partial charge in [-0.3, -0.25) is 5.32 Å². The van der Waals surface area contributed by atoms with Crippen molar-refractivity contribution in [2.24, 2.45) is 5.73 Å². The number of hydrogen-bond acceptors (Lipinski definition) is 3. The van der Waals surface area contributed by atoms with Gasteiger partial charge in [0.25, 0.3) is 0 Å². The highest BCUT2D eigenvalue weighted by Crippen LogP contribution is 2.26. The lowest BCUT2D eigenvalue weighted by Crippen LogP contribution is -2.46. The fourth-order valence-corrected chi connectivity index (χ4v) is 2.92. The van der Waals surface area contributed by atoms with Crippen LogP contribution in [0, 0.1) is 0 Å². The summed E-state index contributed by atoms with van der Waals surface area (Å²) in [6.07, 6.45) is 4.62. The fraction of sp³-hybridized carbons (Fsp3) is 0.500. The number of ether oxygens (including phenoxy) is 1. The number of carbonyl (C=O) groups is 1. The molecule has 1 aromatic carbocycles. The fourth-order valence-electron chi connectivity index (χ4n) is 2.39. The minimum absolute atomic E-state index is 0.229. The summed E-state index contributed by atoms with van der Waals surface area (Å²) in [5.74, 6) is 0. The molecule has 110 valence electrons. The smallest absolute Gasteiger partial charge is 0.411 e. The molecule has 1 amide bonds. The zero-order valence-corrected chi connectivity index (χ0v) is 12.6. The van der Waals surface area contributed by atoms with Gasteiger partial charge in [-0.1, -0.05) is 42.5 Å². The average Bonchev–Trinajstić information content (AvgIpc) is 2.36. The highest BCUT2D eigenvalue weighted by molar-refractivity contribution is 6.35. The Kier molecular flexibility index (Phi) is 5.13. The number of nitrogens with two attached hydrogens (primary N) is 1. The van der Waals surface area contributed by atoms with Crippen molar-refractivity contribution in [1.29, 1.82) is 0 Å². The molecule has 6 heteroatoms. The molecule has 20 heavy (non-hydrogen) atoms. The Hall–Kier alpha value is -0.970. The van der Waals surface area contributed by atoms with E-state index in [0.717, 1.165) is 25.7 Å². The summed E-state index contributed by atoms with van der Waals surface area (Å²) < 4.78 is 5.21. The molecule has 0 radical (unpaired) electrons. The molecule has 0 aliphatic heterocycles. The van der Waals surface area contributed by atoms with Crippen molar-refractivity contribution in [3.8, 4) is 0 Å². The molecule has 4 nitrogen and oxygen atoms in total. The zero-order valence-electron chi connectivity index (χ0n) is 11.1. The van der Waals surface area contributed by atoms with E-state index in [1.54, 1.807) is 18.2 Å². The van der Waals surface area contributed by atoms with Crippen molar-refractivity contribution < 1.29 is 9.53 Å². The Balaban J connectivity index is 1.86. The summed E-state index contributed by atoms with van der Waals surface area (Å²) in [4.78, 5) is 11.7. The third-order valence-corrected chi connectivity index (χ3v) is 3.89. The van der Waals surface area contributed by atoms with E-state index in [-0.39, 0.29) is 12.1 Å². The van der Waals surface area contributed by atoms with Crippen LogP contribution in [0.15, 0.2) is 18.2 Å². The van der Waals surface area contributed by atoms with Gasteiger partial charge in [0, 0.05) is 15.7 Å². The predicted molar refractivity (Wildman–Crippen MR) is 81.4 cm³/mol. The minimum atomic E-state index is -0.543. The number of carbonyl (C=O) groups excluding carboxylic acids is 1. The molecule has 1 saturated carbocycles. The predicted octanol–water partition coefficient (Wildman–Crippen LogP) is 4.20. The Morgan fingerprint density at radius 3 is 2.40 bits per heavy atom.